The molecule has 2 heterocycles. The second-order valence-corrected chi connectivity index (χ2v) is 9.28. The van der Waals surface area contributed by atoms with Crippen LogP contribution in [0.15, 0.2) is 42.7 Å². The number of nitrogens with zero attached hydrogens (tertiary/aromatic N) is 1. The van der Waals surface area contributed by atoms with Crippen molar-refractivity contribution in [3.05, 3.63) is 70.1 Å². The fourth-order valence-electron chi connectivity index (χ4n) is 5.13. The number of ketones is 1. The highest BCUT2D eigenvalue weighted by Gasteiger charge is 2.35. The number of hydrogen-bond acceptors (Lipinski definition) is 5. The third-order valence-electron chi connectivity index (χ3n) is 7.24. The van der Waals surface area contributed by atoms with Gasteiger partial charge in [-0.3, -0.25) is 4.79 Å². The summed E-state index contributed by atoms with van der Waals surface area (Å²) < 4.78 is 20.9. The summed E-state index contributed by atoms with van der Waals surface area (Å²) in [4.78, 5) is 25.2. The molecular formula is C26H29FN3O3+. The summed E-state index contributed by atoms with van der Waals surface area (Å²) in [6.07, 6.45) is 6.67. The lowest BCUT2D eigenvalue weighted by Crippen LogP contribution is -2.55. The third kappa shape index (κ3) is 4.24. The van der Waals surface area contributed by atoms with E-state index in [2.05, 4.69) is 10.2 Å². The van der Waals surface area contributed by atoms with Gasteiger partial charge in [-0.15, -0.1) is 0 Å². The molecule has 3 unspecified atom stereocenters. The van der Waals surface area contributed by atoms with Crippen molar-refractivity contribution in [3.63, 3.8) is 0 Å². The van der Waals surface area contributed by atoms with Crippen LogP contribution in [0.3, 0.4) is 0 Å². The van der Waals surface area contributed by atoms with Gasteiger partial charge in [0.05, 0.1) is 11.7 Å². The van der Waals surface area contributed by atoms with Crippen molar-refractivity contribution in [2.75, 3.05) is 18.4 Å². The molecule has 2 aromatic carbocycles. The molecule has 0 amide bonds. The second-order valence-electron chi connectivity index (χ2n) is 9.28. The second kappa shape index (κ2) is 8.96. The Labute approximate surface area is 192 Å². The van der Waals surface area contributed by atoms with Crippen molar-refractivity contribution in [3.8, 4) is 0 Å². The minimum Gasteiger partial charge on any atom is -0.494 e. The normalized spacial score (nSPS) is 25.9. The van der Waals surface area contributed by atoms with Crippen LogP contribution >= 0.6 is 0 Å². The fourth-order valence-corrected chi connectivity index (χ4v) is 5.13. The highest BCUT2D eigenvalue weighted by atomic mass is 19.1. The van der Waals surface area contributed by atoms with E-state index in [-0.39, 0.29) is 29.7 Å². The number of Topliss-reactive ketones (excluding diaryl/α,β-unsaturated/α-hetero) is 1. The Morgan fingerprint density at radius 2 is 2.00 bits per heavy atom. The molecule has 3 atom stereocenters. The maximum Gasteiger partial charge on any atom is 0.254 e. The molecule has 1 saturated heterocycles. The van der Waals surface area contributed by atoms with E-state index < -0.39 is 0 Å². The predicted octanol–water partition coefficient (Wildman–Crippen LogP) is 4.05. The number of ether oxygens (including phenoxy) is 1. The molecule has 2 fully saturated rings. The fraction of sp³-hybridized carbons (Fsp3) is 0.423. The van der Waals surface area contributed by atoms with Crippen LogP contribution in [-0.2, 0) is 4.74 Å². The van der Waals surface area contributed by atoms with Gasteiger partial charge in [0.15, 0.2) is 5.78 Å². The van der Waals surface area contributed by atoms with E-state index in [1.54, 1.807) is 18.2 Å². The Morgan fingerprint density at radius 3 is 2.73 bits per heavy atom. The summed E-state index contributed by atoms with van der Waals surface area (Å²) in [6, 6.07) is 10.7. The van der Waals surface area contributed by atoms with Crippen LogP contribution in [-0.4, -0.2) is 35.9 Å². The topological polar surface area (TPSA) is 72.6 Å². The van der Waals surface area contributed by atoms with E-state index in [1.807, 2.05) is 23.6 Å². The standard InChI is InChI=1S/C26H28FN3O3/c1-16(31)18-4-6-20(22(27)13-18)17-3-2-11-30(12-10-17)25-15-33-26-9-8-24(26)28-23-7-5-19(29-32)14-21(23)25/h4-7,13-15,17,24,26,28H,2-3,8-12H2,1H3/p+1/b25-15-. The number of benzene rings is 2. The Bertz CT molecular complexity index is 1120. The van der Waals surface area contributed by atoms with Gasteiger partial charge in [-0.05, 0) is 62.6 Å². The number of nitroso groups, excluding NO2 is 1. The van der Waals surface area contributed by atoms with Crippen LogP contribution in [0.2, 0.25) is 0 Å². The maximum atomic E-state index is 14.8. The Kier molecular flexibility index (Phi) is 5.87. The number of rotatable bonds is 4. The monoisotopic (exact) mass is 450 g/mol. The van der Waals surface area contributed by atoms with Crippen LogP contribution in [0.25, 0.3) is 5.70 Å². The SMILES string of the molecule is CC(=O)c1ccc(C2CCCN(/C3=C\OC4CCC4Nc4ccc([NH+]=O)cc43)CC2)c(F)c1. The smallest absolute Gasteiger partial charge is 0.254 e. The molecule has 0 bridgehead atoms. The van der Waals surface area contributed by atoms with Gasteiger partial charge in [-0.1, -0.05) is 12.1 Å². The van der Waals surface area contributed by atoms with Crippen LogP contribution in [0.4, 0.5) is 15.8 Å². The Morgan fingerprint density at radius 1 is 1.12 bits per heavy atom. The van der Waals surface area contributed by atoms with Gasteiger partial charge in [0.1, 0.15) is 18.2 Å². The highest BCUT2D eigenvalue weighted by molar-refractivity contribution is 5.94. The molecule has 6 nitrogen and oxygen atoms in total. The summed E-state index contributed by atoms with van der Waals surface area (Å²) in [5, 5.41) is 5.59. The first-order valence-electron chi connectivity index (χ1n) is 11.7. The highest BCUT2D eigenvalue weighted by Crippen LogP contribution is 2.38. The molecule has 2 aliphatic heterocycles. The minimum absolute atomic E-state index is 0.0920. The Balaban J connectivity index is 1.41. The molecular weight excluding hydrogens is 421 g/mol. The van der Waals surface area contributed by atoms with Crippen molar-refractivity contribution in [1.29, 1.82) is 0 Å². The number of carbonyl (C=O) groups is 1. The van der Waals surface area contributed by atoms with Gasteiger partial charge in [-0.2, -0.15) is 0 Å². The number of fused-ring (bicyclic) bond motifs is 2. The number of nitrogens with one attached hydrogen (secondary N) is 2. The number of halogens is 1. The zero-order valence-corrected chi connectivity index (χ0v) is 18.8. The van der Waals surface area contributed by atoms with E-state index >= 15 is 0 Å². The first kappa shape index (κ1) is 21.6. The molecule has 2 N–H and O–H groups in total. The van der Waals surface area contributed by atoms with Crippen molar-refractivity contribution >= 4 is 22.9 Å². The first-order chi connectivity index (χ1) is 16.0. The zero-order valence-electron chi connectivity index (χ0n) is 18.8. The number of hydrogen-bond donors (Lipinski definition) is 2. The first-order valence-corrected chi connectivity index (χ1v) is 11.7. The molecule has 1 saturated carbocycles. The van der Waals surface area contributed by atoms with Crippen molar-refractivity contribution in [2.24, 2.45) is 0 Å². The number of anilines is 1. The average Bonchev–Trinajstić information content (AvgIpc) is 3.05. The predicted molar refractivity (Wildman–Crippen MR) is 124 cm³/mol. The van der Waals surface area contributed by atoms with Crippen molar-refractivity contribution in [2.45, 2.75) is 57.1 Å². The lowest BCUT2D eigenvalue weighted by molar-refractivity contribution is -0.379. The molecule has 172 valence electrons. The van der Waals surface area contributed by atoms with E-state index in [4.69, 9.17) is 4.74 Å². The van der Waals surface area contributed by atoms with Gasteiger partial charge in [0.25, 0.3) is 5.69 Å². The Hall–Kier alpha value is -3.22. The molecule has 0 aromatic heterocycles. The van der Waals surface area contributed by atoms with E-state index in [0.29, 0.717) is 16.8 Å². The molecule has 3 aliphatic rings. The number of likely N-dealkylation sites (tertiary alicyclic amines) is 1. The quantitative estimate of drug-likeness (QED) is 0.688. The number of carbonyl (C=O) groups excluding carboxylic acids is 1. The molecule has 0 spiro atoms. The van der Waals surface area contributed by atoms with Gasteiger partial charge in [0.2, 0.25) is 0 Å². The largest absolute Gasteiger partial charge is 0.494 e. The zero-order chi connectivity index (χ0) is 22.9. The lowest BCUT2D eigenvalue weighted by atomic mass is 9.88. The minimum atomic E-state index is -0.300. The van der Waals surface area contributed by atoms with Gasteiger partial charge in [0, 0.05) is 52.1 Å². The van der Waals surface area contributed by atoms with E-state index in [0.717, 1.165) is 62.1 Å². The van der Waals surface area contributed by atoms with Gasteiger partial charge >= 0.3 is 0 Å². The van der Waals surface area contributed by atoms with Crippen molar-refractivity contribution < 1.29 is 19.1 Å². The van der Waals surface area contributed by atoms with Crippen LogP contribution < -0.4 is 10.5 Å². The molecule has 0 radical (unpaired) electrons. The van der Waals surface area contributed by atoms with Crippen LogP contribution in [0.5, 0.6) is 0 Å². The summed E-state index contributed by atoms with van der Waals surface area (Å²) in [5.74, 6) is -0.336. The molecule has 5 rings (SSSR count). The van der Waals surface area contributed by atoms with Crippen LogP contribution in [0, 0.1) is 10.7 Å². The summed E-state index contributed by atoms with van der Waals surface area (Å²) >= 11 is 0. The molecule has 2 aromatic rings. The lowest BCUT2D eigenvalue weighted by Gasteiger charge is -2.40. The molecule has 7 heteroatoms. The van der Waals surface area contributed by atoms with E-state index in [1.165, 1.54) is 13.0 Å². The molecule has 33 heavy (non-hydrogen) atoms. The summed E-state index contributed by atoms with van der Waals surface area (Å²) in [7, 11) is 0. The van der Waals surface area contributed by atoms with Crippen molar-refractivity contribution in [1.82, 2.24) is 4.90 Å². The van der Waals surface area contributed by atoms with Gasteiger partial charge in [-0.25, -0.2) is 4.39 Å². The third-order valence-corrected chi connectivity index (χ3v) is 7.24. The van der Waals surface area contributed by atoms with Gasteiger partial charge < -0.3 is 15.0 Å². The summed E-state index contributed by atoms with van der Waals surface area (Å²) in [5.41, 5.74) is 4.49. The van der Waals surface area contributed by atoms with E-state index in [9.17, 15) is 14.1 Å². The average molecular weight is 451 g/mol. The maximum absolute atomic E-state index is 14.8. The summed E-state index contributed by atoms with van der Waals surface area (Å²) in [6.45, 7) is 3.02. The molecule has 1 aliphatic carbocycles. The van der Waals surface area contributed by atoms with Crippen LogP contribution in [0.1, 0.15) is 66.4 Å².